The summed E-state index contributed by atoms with van der Waals surface area (Å²) in [5.74, 6) is 0.147. The third kappa shape index (κ3) is 4.17. The first-order valence-electron chi connectivity index (χ1n) is 7.97. The van der Waals surface area contributed by atoms with Gasteiger partial charge in [-0.1, -0.05) is 12.1 Å². The quantitative estimate of drug-likeness (QED) is 0.750. The molecular formula is C19H19N5O. The molecule has 6 heteroatoms. The molecule has 2 heterocycles. The van der Waals surface area contributed by atoms with Gasteiger partial charge in [0.05, 0.1) is 0 Å². The molecule has 0 atom stereocenters. The summed E-state index contributed by atoms with van der Waals surface area (Å²) in [5.41, 5.74) is 4.52. The lowest BCUT2D eigenvalue weighted by molar-refractivity contribution is 0.0946. The van der Waals surface area contributed by atoms with E-state index >= 15 is 0 Å². The van der Waals surface area contributed by atoms with Crippen LogP contribution >= 0.6 is 0 Å². The van der Waals surface area contributed by atoms with Gasteiger partial charge in [-0.2, -0.15) is 0 Å². The average Bonchev–Trinajstić information content (AvgIpc) is 2.64. The molecule has 3 aromatic rings. The van der Waals surface area contributed by atoms with Crippen molar-refractivity contribution in [1.82, 2.24) is 20.3 Å². The molecule has 6 nitrogen and oxygen atoms in total. The number of aryl methyl sites for hydroxylation is 1. The summed E-state index contributed by atoms with van der Waals surface area (Å²) in [5, 5.41) is 6.01. The standard InChI is InChI=1S/C19H19N5O/c1-13-4-3-5-16(14(13)2)23-19-21-11-8-17(24-19)18(25)22-12-15-6-9-20-10-7-15/h3-11H,12H2,1-2H3,(H,22,25)(H,21,23,24). The van der Waals surface area contributed by atoms with Crippen molar-refractivity contribution < 1.29 is 4.79 Å². The Morgan fingerprint density at radius 2 is 1.84 bits per heavy atom. The third-order valence-electron chi connectivity index (χ3n) is 3.94. The number of nitrogens with zero attached hydrogens (tertiary/aromatic N) is 3. The normalized spacial score (nSPS) is 10.3. The number of pyridine rings is 1. The van der Waals surface area contributed by atoms with E-state index in [4.69, 9.17) is 0 Å². The van der Waals surface area contributed by atoms with Crippen LogP contribution in [0.5, 0.6) is 0 Å². The summed E-state index contributed by atoms with van der Waals surface area (Å²) in [6, 6.07) is 11.3. The van der Waals surface area contributed by atoms with Gasteiger partial charge in [0, 0.05) is 30.8 Å². The van der Waals surface area contributed by atoms with Crippen molar-refractivity contribution in [3.05, 3.63) is 77.4 Å². The van der Waals surface area contributed by atoms with Gasteiger partial charge in [-0.3, -0.25) is 9.78 Å². The van der Waals surface area contributed by atoms with E-state index in [1.807, 2.05) is 44.2 Å². The molecule has 0 unspecified atom stereocenters. The monoisotopic (exact) mass is 333 g/mol. The van der Waals surface area contributed by atoms with Crippen molar-refractivity contribution in [2.45, 2.75) is 20.4 Å². The van der Waals surface area contributed by atoms with Gasteiger partial charge in [-0.25, -0.2) is 9.97 Å². The lowest BCUT2D eigenvalue weighted by Gasteiger charge is -2.11. The highest BCUT2D eigenvalue weighted by Gasteiger charge is 2.09. The van der Waals surface area contributed by atoms with E-state index in [0.717, 1.165) is 16.8 Å². The van der Waals surface area contributed by atoms with E-state index in [1.54, 1.807) is 24.7 Å². The number of hydrogen-bond acceptors (Lipinski definition) is 5. The summed E-state index contributed by atoms with van der Waals surface area (Å²) in [4.78, 5) is 24.8. The summed E-state index contributed by atoms with van der Waals surface area (Å²) < 4.78 is 0. The predicted molar refractivity (Wildman–Crippen MR) is 96.6 cm³/mol. The molecule has 0 aliphatic rings. The molecule has 0 spiro atoms. The Hall–Kier alpha value is -3.28. The minimum atomic E-state index is -0.247. The summed E-state index contributed by atoms with van der Waals surface area (Å²) >= 11 is 0. The van der Waals surface area contributed by atoms with Gasteiger partial charge in [0.25, 0.3) is 5.91 Å². The van der Waals surface area contributed by atoms with E-state index in [9.17, 15) is 4.79 Å². The van der Waals surface area contributed by atoms with Crippen LogP contribution in [0, 0.1) is 13.8 Å². The van der Waals surface area contributed by atoms with Crippen molar-refractivity contribution in [2.24, 2.45) is 0 Å². The maximum atomic E-state index is 12.3. The number of carbonyl (C=O) groups excluding carboxylic acids is 1. The van der Waals surface area contributed by atoms with Crippen LogP contribution in [0.2, 0.25) is 0 Å². The van der Waals surface area contributed by atoms with Gasteiger partial charge in [0.2, 0.25) is 5.95 Å². The molecule has 2 N–H and O–H groups in total. The number of rotatable bonds is 5. The van der Waals surface area contributed by atoms with Gasteiger partial charge in [0.15, 0.2) is 0 Å². The van der Waals surface area contributed by atoms with Crippen LogP contribution in [-0.4, -0.2) is 20.9 Å². The zero-order valence-electron chi connectivity index (χ0n) is 14.2. The van der Waals surface area contributed by atoms with Crippen LogP contribution in [0.4, 0.5) is 11.6 Å². The van der Waals surface area contributed by atoms with Crippen molar-refractivity contribution in [3.8, 4) is 0 Å². The highest BCUT2D eigenvalue weighted by atomic mass is 16.1. The molecule has 2 aromatic heterocycles. The molecule has 126 valence electrons. The summed E-state index contributed by atoms with van der Waals surface area (Å²) in [6.07, 6.45) is 4.96. The second-order valence-corrected chi connectivity index (χ2v) is 5.68. The minimum Gasteiger partial charge on any atom is -0.347 e. The molecule has 0 bridgehead atoms. The second-order valence-electron chi connectivity index (χ2n) is 5.68. The molecule has 0 aliphatic heterocycles. The van der Waals surface area contributed by atoms with Crippen LogP contribution in [-0.2, 0) is 6.54 Å². The van der Waals surface area contributed by atoms with Gasteiger partial charge in [0.1, 0.15) is 5.69 Å². The molecule has 0 aliphatic carbocycles. The number of aromatic nitrogens is 3. The fourth-order valence-corrected chi connectivity index (χ4v) is 2.33. The molecule has 0 saturated heterocycles. The summed E-state index contributed by atoms with van der Waals surface area (Å²) in [6.45, 7) is 4.50. The number of benzene rings is 1. The fraction of sp³-hybridized carbons (Fsp3) is 0.158. The van der Waals surface area contributed by atoms with Crippen molar-refractivity contribution in [1.29, 1.82) is 0 Å². The van der Waals surface area contributed by atoms with E-state index in [1.165, 1.54) is 5.56 Å². The first-order valence-corrected chi connectivity index (χ1v) is 7.97. The van der Waals surface area contributed by atoms with E-state index in [-0.39, 0.29) is 5.91 Å². The maximum absolute atomic E-state index is 12.3. The zero-order valence-corrected chi connectivity index (χ0v) is 14.2. The molecule has 0 radical (unpaired) electrons. The highest BCUT2D eigenvalue weighted by molar-refractivity contribution is 5.92. The van der Waals surface area contributed by atoms with Crippen LogP contribution in [0.25, 0.3) is 0 Å². The SMILES string of the molecule is Cc1cccc(Nc2nccc(C(=O)NCc3ccncc3)n2)c1C. The van der Waals surface area contributed by atoms with Crippen LogP contribution in [0.1, 0.15) is 27.2 Å². The summed E-state index contributed by atoms with van der Waals surface area (Å²) in [7, 11) is 0. The molecule has 0 saturated carbocycles. The number of amides is 1. The molecule has 1 amide bonds. The van der Waals surface area contributed by atoms with Crippen LogP contribution in [0.15, 0.2) is 55.0 Å². The number of hydrogen-bond donors (Lipinski definition) is 2. The third-order valence-corrected chi connectivity index (χ3v) is 3.94. The number of nitrogens with one attached hydrogen (secondary N) is 2. The van der Waals surface area contributed by atoms with E-state index < -0.39 is 0 Å². The average molecular weight is 333 g/mol. The first-order chi connectivity index (χ1) is 12.1. The Morgan fingerprint density at radius 3 is 2.64 bits per heavy atom. The molecule has 0 fully saturated rings. The van der Waals surface area contributed by atoms with Gasteiger partial charge < -0.3 is 10.6 Å². The van der Waals surface area contributed by atoms with Crippen LogP contribution in [0.3, 0.4) is 0 Å². The van der Waals surface area contributed by atoms with Crippen molar-refractivity contribution >= 4 is 17.5 Å². The first kappa shape index (κ1) is 16.6. The Labute approximate surface area is 146 Å². The largest absolute Gasteiger partial charge is 0.347 e. The van der Waals surface area contributed by atoms with E-state index in [0.29, 0.717) is 18.2 Å². The maximum Gasteiger partial charge on any atom is 0.270 e. The predicted octanol–water partition coefficient (Wildman–Crippen LogP) is 3.16. The smallest absolute Gasteiger partial charge is 0.270 e. The second kappa shape index (κ2) is 7.53. The zero-order chi connectivity index (χ0) is 17.6. The molecule has 25 heavy (non-hydrogen) atoms. The van der Waals surface area contributed by atoms with Gasteiger partial charge >= 0.3 is 0 Å². The minimum absolute atomic E-state index is 0.247. The fourth-order valence-electron chi connectivity index (χ4n) is 2.33. The number of carbonyl (C=O) groups is 1. The Bertz CT molecular complexity index is 880. The Morgan fingerprint density at radius 1 is 1.04 bits per heavy atom. The topological polar surface area (TPSA) is 79.8 Å². The van der Waals surface area contributed by atoms with Gasteiger partial charge in [-0.15, -0.1) is 0 Å². The van der Waals surface area contributed by atoms with Crippen LogP contribution < -0.4 is 10.6 Å². The Balaban J connectivity index is 1.70. The number of anilines is 2. The van der Waals surface area contributed by atoms with Gasteiger partial charge in [-0.05, 0) is 54.8 Å². The lowest BCUT2D eigenvalue weighted by atomic mass is 10.1. The molecular weight excluding hydrogens is 314 g/mol. The van der Waals surface area contributed by atoms with Crippen molar-refractivity contribution in [3.63, 3.8) is 0 Å². The van der Waals surface area contributed by atoms with Crippen molar-refractivity contribution in [2.75, 3.05) is 5.32 Å². The van der Waals surface area contributed by atoms with E-state index in [2.05, 4.69) is 25.6 Å². The highest BCUT2D eigenvalue weighted by Crippen LogP contribution is 2.20. The lowest BCUT2D eigenvalue weighted by Crippen LogP contribution is -2.24. The molecule has 3 rings (SSSR count). The Kier molecular flexibility index (Phi) is 4.99. The molecule has 1 aromatic carbocycles.